The Balaban J connectivity index is 3.45. The van der Waals surface area contributed by atoms with E-state index in [1.54, 1.807) is 19.9 Å². The number of rotatable bonds is 11. The minimum absolute atomic E-state index is 0.497. The summed E-state index contributed by atoms with van der Waals surface area (Å²) in [7, 11) is 0. The third-order valence-electron chi connectivity index (χ3n) is 3.18. The number of carbonyl (C=O) groups excluding carboxylic acids is 2. The van der Waals surface area contributed by atoms with Gasteiger partial charge in [-0.1, -0.05) is 31.0 Å². The molecule has 0 radical (unpaired) electrons. The summed E-state index contributed by atoms with van der Waals surface area (Å²) in [5, 5.41) is 8.95. The molecule has 0 spiro atoms. The number of hydroxylamine groups is 1. The maximum Gasteiger partial charge on any atom is 0.433 e. The smallest absolute Gasteiger partial charge is 0.325 e. The van der Waals surface area contributed by atoms with E-state index in [9.17, 15) is 9.59 Å². The van der Waals surface area contributed by atoms with Crippen LogP contribution in [0.4, 0.5) is 9.59 Å². The predicted molar refractivity (Wildman–Crippen MR) is 93.4 cm³/mol. The molecular weight excluding hydrogens is 312 g/mol. The molecule has 0 saturated heterocycles. The van der Waals surface area contributed by atoms with Crippen molar-refractivity contribution in [2.75, 3.05) is 13.1 Å². The standard InChI is InChI=1S/C16H30N4O4/c1-5-13(3)19-23-15(21)17-11-9-7-8-10-12-18-16(22)24-20-14(4)6-2/h5,19H,6-12H2,1-4H3,(H,17,21)(H,18,22)/b13-5+,20-14?. The number of allylic oxidation sites excluding steroid dienone is 2. The summed E-state index contributed by atoms with van der Waals surface area (Å²) in [6.45, 7) is 8.48. The molecule has 0 rings (SSSR count). The Hall–Kier alpha value is -2.25. The van der Waals surface area contributed by atoms with Gasteiger partial charge >= 0.3 is 12.2 Å². The van der Waals surface area contributed by atoms with Crippen molar-refractivity contribution in [2.45, 2.75) is 59.8 Å². The molecule has 0 fully saturated rings. The van der Waals surface area contributed by atoms with Crippen molar-refractivity contribution >= 4 is 17.9 Å². The van der Waals surface area contributed by atoms with E-state index in [1.807, 2.05) is 13.8 Å². The molecule has 0 aromatic heterocycles. The first-order chi connectivity index (χ1) is 11.5. The van der Waals surface area contributed by atoms with E-state index in [0.29, 0.717) is 13.1 Å². The van der Waals surface area contributed by atoms with Crippen LogP contribution in [0.3, 0.4) is 0 Å². The van der Waals surface area contributed by atoms with Gasteiger partial charge in [0, 0.05) is 18.8 Å². The van der Waals surface area contributed by atoms with Gasteiger partial charge in [0.1, 0.15) is 0 Å². The molecule has 24 heavy (non-hydrogen) atoms. The van der Waals surface area contributed by atoms with Crippen molar-refractivity contribution < 1.29 is 19.3 Å². The molecule has 138 valence electrons. The van der Waals surface area contributed by atoms with Crippen molar-refractivity contribution in [3.8, 4) is 0 Å². The third kappa shape index (κ3) is 13.4. The van der Waals surface area contributed by atoms with Gasteiger partial charge in [0.15, 0.2) is 0 Å². The molecule has 0 atom stereocenters. The second-order valence-electron chi connectivity index (χ2n) is 5.29. The minimum atomic E-state index is -0.531. The molecule has 8 nitrogen and oxygen atoms in total. The molecule has 0 aliphatic rings. The molecular formula is C16H30N4O4. The monoisotopic (exact) mass is 342 g/mol. The Kier molecular flexibility index (Phi) is 13.0. The van der Waals surface area contributed by atoms with Gasteiger partial charge in [-0.2, -0.15) is 0 Å². The van der Waals surface area contributed by atoms with E-state index in [0.717, 1.165) is 43.5 Å². The van der Waals surface area contributed by atoms with Crippen LogP contribution in [-0.4, -0.2) is 31.0 Å². The first-order valence-electron chi connectivity index (χ1n) is 8.31. The highest BCUT2D eigenvalue weighted by molar-refractivity contribution is 5.81. The fourth-order valence-electron chi connectivity index (χ4n) is 1.42. The zero-order valence-electron chi connectivity index (χ0n) is 15.1. The van der Waals surface area contributed by atoms with E-state index in [1.165, 1.54) is 0 Å². The summed E-state index contributed by atoms with van der Waals surface area (Å²) in [6, 6.07) is 0. The summed E-state index contributed by atoms with van der Waals surface area (Å²) in [6.07, 6.45) is 5.11. The quantitative estimate of drug-likeness (QED) is 0.232. The summed E-state index contributed by atoms with van der Waals surface area (Å²) < 4.78 is 0. The van der Waals surface area contributed by atoms with Gasteiger partial charge in [0.2, 0.25) is 0 Å². The fraction of sp³-hybridized carbons (Fsp3) is 0.688. The van der Waals surface area contributed by atoms with Crippen LogP contribution in [-0.2, 0) is 9.68 Å². The van der Waals surface area contributed by atoms with E-state index < -0.39 is 12.2 Å². The molecule has 0 aromatic rings. The Morgan fingerprint density at radius 1 is 1.00 bits per heavy atom. The second-order valence-corrected chi connectivity index (χ2v) is 5.29. The van der Waals surface area contributed by atoms with Gasteiger partial charge in [-0.3, -0.25) is 4.84 Å². The highest BCUT2D eigenvalue weighted by Crippen LogP contribution is 1.98. The highest BCUT2D eigenvalue weighted by atomic mass is 16.7. The Morgan fingerprint density at radius 3 is 2.12 bits per heavy atom. The molecule has 0 aliphatic carbocycles. The highest BCUT2D eigenvalue weighted by Gasteiger charge is 2.02. The Bertz CT molecular complexity index is 436. The molecule has 0 heterocycles. The Labute approximate surface area is 144 Å². The van der Waals surface area contributed by atoms with Gasteiger partial charge in [-0.25, -0.2) is 15.1 Å². The third-order valence-corrected chi connectivity index (χ3v) is 3.18. The van der Waals surface area contributed by atoms with Gasteiger partial charge in [0.25, 0.3) is 0 Å². The molecule has 3 N–H and O–H groups in total. The average molecular weight is 342 g/mol. The van der Waals surface area contributed by atoms with Gasteiger partial charge in [-0.05, 0) is 40.0 Å². The number of unbranched alkanes of at least 4 members (excludes halogenated alkanes) is 3. The zero-order valence-corrected chi connectivity index (χ0v) is 15.1. The van der Waals surface area contributed by atoms with Crippen LogP contribution in [0.1, 0.15) is 59.8 Å². The van der Waals surface area contributed by atoms with Crippen molar-refractivity contribution in [1.82, 2.24) is 16.1 Å². The van der Waals surface area contributed by atoms with Crippen LogP contribution in [0.5, 0.6) is 0 Å². The van der Waals surface area contributed by atoms with Crippen molar-refractivity contribution in [1.29, 1.82) is 0 Å². The van der Waals surface area contributed by atoms with E-state index in [4.69, 9.17) is 4.84 Å². The molecule has 0 aromatic carbocycles. The largest absolute Gasteiger partial charge is 0.433 e. The normalized spacial score (nSPS) is 11.7. The van der Waals surface area contributed by atoms with Crippen LogP contribution in [0.25, 0.3) is 0 Å². The molecule has 8 heteroatoms. The van der Waals surface area contributed by atoms with Crippen molar-refractivity contribution in [3.05, 3.63) is 11.8 Å². The number of amides is 2. The van der Waals surface area contributed by atoms with Crippen molar-refractivity contribution in [3.63, 3.8) is 0 Å². The SMILES string of the molecule is C/C=C(\C)NOC(=O)NCCCCCCNC(=O)ON=C(C)CC. The van der Waals surface area contributed by atoms with Gasteiger partial charge in [-0.15, -0.1) is 0 Å². The fourth-order valence-corrected chi connectivity index (χ4v) is 1.42. The van der Waals surface area contributed by atoms with Gasteiger partial charge in [0.05, 0.1) is 5.71 Å². The summed E-state index contributed by atoms with van der Waals surface area (Å²) in [4.78, 5) is 32.1. The number of hydrogen-bond acceptors (Lipinski definition) is 6. The lowest BCUT2D eigenvalue weighted by Gasteiger charge is -2.08. The predicted octanol–water partition coefficient (Wildman–Crippen LogP) is 3.21. The van der Waals surface area contributed by atoms with E-state index >= 15 is 0 Å². The summed E-state index contributed by atoms with van der Waals surface area (Å²) >= 11 is 0. The van der Waals surface area contributed by atoms with Crippen LogP contribution < -0.4 is 16.1 Å². The molecule has 0 bridgehead atoms. The number of carbonyl (C=O) groups is 2. The second kappa shape index (κ2) is 14.3. The van der Waals surface area contributed by atoms with Crippen LogP contribution >= 0.6 is 0 Å². The lowest BCUT2D eigenvalue weighted by atomic mass is 10.2. The first kappa shape index (κ1) is 21.8. The lowest BCUT2D eigenvalue weighted by molar-refractivity contribution is 0.105. The summed E-state index contributed by atoms with van der Waals surface area (Å²) in [5.74, 6) is 0. The minimum Gasteiger partial charge on any atom is -0.325 e. The van der Waals surface area contributed by atoms with Crippen molar-refractivity contribution in [2.24, 2.45) is 5.16 Å². The lowest BCUT2D eigenvalue weighted by Crippen LogP contribution is -2.30. The maximum absolute atomic E-state index is 11.3. The zero-order chi connectivity index (χ0) is 18.2. The van der Waals surface area contributed by atoms with E-state index in [2.05, 4.69) is 26.1 Å². The number of nitrogens with one attached hydrogen (secondary N) is 3. The van der Waals surface area contributed by atoms with Crippen LogP contribution in [0.15, 0.2) is 16.9 Å². The molecule has 0 aliphatic heterocycles. The summed E-state index contributed by atoms with van der Waals surface area (Å²) in [5.41, 5.74) is 4.06. The Morgan fingerprint density at radius 2 is 1.58 bits per heavy atom. The number of nitrogens with zero attached hydrogens (tertiary/aromatic N) is 1. The topological polar surface area (TPSA) is 101 Å². The first-order valence-corrected chi connectivity index (χ1v) is 8.31. The van der Waals surface area contributed by atoms with Crippen LogP contribution in [0, 0.1) is 0 Å². The molecule has 0 unspecified atom stereocenters. The average Bonchev–Trinajstić information content (AvgIpc) is 2.59. The molecule has 2 amide bonds. The van der Waals surface area contributed by atoms with Crippen LogP contribution in [0.2, 0.25) is 0 Å². The van der Waals surface area contributed by atoms with E-state index in [-0.39, 0.29) is 0 Å². The molecule has 0 saturated carbocycles. The number of hydrogen-bond donors (Lipinski definition) is 3. The maximum atomic E-state index is 11.3. The number of oxime groups is 1. The van der Waals surface area contributed by atoms with Gasteiger partial charge < -0.3 is 15.5 Å².